The molecule has 0 fully saturated rings. The second kappa shape index (κ2) is 10.5. The second-order valence-electron chi connectivity index (χ2n) is 4.73. The summed E-state index contributed by atoms with van der Waals surface area (Å²) in [7, 11) is 0. The fraction of sp³-hybridized carbons (Fsp3) is 0.250. The van der Waals surface area contributed by atoms with Crippen LogP contribution in [0.15, 0.2) is 60.7 Å². The summed E-state index contributed by atoms with van der Waals surface area (Å²) >= 11 is 6.90. The quantitative estimate of drug-likeness (QED) is 0.418. The van der Waals surface area contributed by atoms with Gasteiger partial charge in [0.2, 0.25) is 0 Å². The molecule has 0 spiro atoms. The topological polar surface area (TPSA) is 0 Å². The standard InChI is InChI=1S/C16H19PSe2.Rb/c18-17(19,13-11-15-7-3-1-4-8-15)14-12-16-9-5-2-6-10-16;/h1-10H,11-14H2,(H,18,19);/q;+1/p-1. The van der Waals surface area contributed by atoms with Crippen molar-refractivity contribution in [1.82, 2.24) is 0 Å². The number of rotatable bonds is 6. The molecule has 0 amide bonds. The van der Waals surface area contributed by atoms with Crippen molar-refractivity contribution in [1.29, 1.82) is 0 Å². The molecule has 0 heterocycles. The van der Waals surface area contributed by atoms with E-state index >= 15 is 0 Å². The van der Waals surface area contributed by atoms with E-state index in [2.05, 4.69) is 91.8 Å². The van der Waals surface area contributed by atoms with E-state index in [9.17, 15) is 0 Å². The minimum absolute atomic E-state index is 0. The Morgan fingerprint density at radius 1 is 0.650 bits per heavy atom. The molecule has 0 aromatic heterocycles. The van der Waals surface area contributed by atoms with Gasteiger partial charge in [-0.25, -0.2) is 0 Å². The molecule has 2 aromatic carbocycles. The third-order valence-electron chi connectivity index (χ3n) is 3.17. The van der Waals surface area contributed by atoms with Crippen LogP contribution in [-0.4, -0.2) is 43.5 Å². The van der Waals surface area contributed by atoms with Crippen molar-refractivity contribution in [2.75, 3.05) is 12.3 Å². The van der Waals surface area contributed by atoms with Crippen molar-refractivity contribution in [3.05, 3.63) is 71.8 Å². The molecule has 100 valence electrons. The van der Waals surface area contributed by atoms with Gasteiger partial charge >= 0.3 is 191 Å². The van der Waals surface area contributed by atoms with Crippen LogP contribution in [0.5, 0.6) is 0 Å². The van der Waals surface area contributed by atoms with Gasteiger partial charge in [-0.15, -0.1) is 0 Å². The zero-order chi connectivity index (χ0) is 13.6. The van der Waals surface area contributed by atoms with Crippen molar-refractivity contribution < 1.29 is 58.2 Å². The monoisotopic (exact) mass is 486 g/mol. The predicted molar refractivity (Wildman–Crippen MR) is 88.5 cm³/mol. The fourth-order valence-corrected chi connectivity index (χ4v) is 5.72. The average Bonchev–Trinajstić information content (AvgIpc) is 2.46. The number of hydrogen-bond donors (Lipinski definition) is 0. The second-order valence-corrected chi connectivity index (χ2v) is 19.6. The molecule has 0 aliphatic heterocycles. The Bertz CT molecular complexity index is 443. The first kappa shape index (κ1) is 19.8. The van der Waals surface area contributed by atoms with Crippen LogP contribution in [-0.2, 0) is 12.8 Å². The van der Waals surface area contributed by atoms with Crippen LogP contribution in [0.4, 0.5) is 0 Å². The van der Waals surface area contributed by atoms with Gasteiger partial charge in [-0.3, -0.25) is 0 Å². The molecule has 0 saturated carbocycles. The van der Waals surface area contributed by atoms with E-state index in [1.807, 2.05) is 0 Å². The first-order valence-electron chi connectivity index (χ1n) is 6.53. The number of benzene rings is 2. The van der Waals surface area contributed by atoms with Crippen molar-refractivity contribution in [3.63, 3.8) is 0 Å². The minimum atomic E-state index is -1.02. The number of hydrogen-bond acceptors (Lipinski definition) is 0. The zero-order valence-corrected chi connectivity index (χ0v) is 21.1. The van der Waals surface area contributed by atoms with Crippen LogP contribution >= 0.6 is 4.64 Å². The molecular weight excluding hydrogens is 467 g/mol. The Balaban J connectivity index is 0.00000200. The third-order valence-corrected chi connectivity index (χ3v) is 9.57. The van der Waals surface area contributed by atoms with Crippen LogP contribution in [0, 0.1) is 0 Å². The van der Waals surface area contributed by atoms with E-state index in [0.717, 1.165) is 0 Å². The molecule has 0 atom stereocenters. The van der Waals surface area contributed by atoms with Crippen LogP contribution in [0.2, 0.25) is 0 Å². The van der Waals surface area contributed by atoms with Crippen molar-refractivity contribution in [2.45, 2.75) is 12.8 Å². The fourth-order valence-electron chi connectivity index (χ4n) is 2.00. The van der Waals surface area contributed by atoms with Gasteiger partial charge in [0.05, 0.1) is 0 Å². The van der Waals surface area contributed by atoms with Gasteiger partial charge in [0.25, 0.3) is 0 Å². The number of aryl methyl sites for hydroxylation is 2. The Hall–Kier alpha value is 1.71. The zero-order valence-electron chi connectivity index (χ0n) is 11.9. The maximum atomic E-state index is 3.45. The van der Waals surface area contributed by atoms with Crippen LogP contribution < -0.4 is 58.2 Å². The summed E-state index contributed by atoms with van der Waals surface area (Å²) in [5.74, 6) is 0. The molecule has 0 aliphatic carbocycles. The van der Waals surface area contributed by atoms with E-state index in [0.29, 0.717) is 0 Å². The van der Waals surface area contributed by atoms with Crippen LogP contribution in [0.1, 0.15) is 11.1 Å². The SMILES string of the molecule is [Rb+].[Se-][P+]([Se-])(CCc1ccccc1)CCc1ccccc1. The molecular formula is C16H18PRbSe2. The Morgan fingerprint density at radius 2 is 1.00 bits per heavy atom. The molecule has 4 heteroatoms. The molecule has 0 radical (unpaired) electrons. The Labute approximate surface area is 187 Å². The maximum absolute atomic E-state index is 3.45. The summed E-state index contributed by atoms with van der Waals surface area (Å²) in [6.45, 7) is 0. The molecule has 0 saturated heterocycles. The summed E-state index contributed by atoms with van der Waals surface area (Å²) < 4.78 is -1.02. The Kier molecular flexibility index (Phi) is 10.4. The summed E-state index contributed by atoms with van der Waals surface area (Å²) in [5, 5.41) is 0. The first-order chi connectivity index (χ1) is 9.16. The average molecular weight is 485 g/mol. The summed E-state index contributed by atoms with van der Waals surface area (Å²) in [5.41, 5.74) is 2.88. The molecule has 2 rings (SSSR count). The van der Waals surface area contributed by atoms with E-state index < -0.39 is 4.64 Å². The van der Waals surface area contributed by atoms with Gasteiger partial charge in [0, 0.05) is 0 Å². The van der Waals surface area contributed by atoms with Gasteiger partial charge in [-0.1, -0.05) is 0 Å². The van der Waals surface area contributed by atoms with Crippen molar-refractivity contribution >= 4 is 35.8 Å². The molecule has 2 aromatic rings. The third kappa shape index (κ3) is 7.82. The normalized spacial score (nSPS) is 10.9. The molecule has 0 bridgehead atoms. The first-order valence-corrected chi connectivity index (χ1v) is 13.1. The van der Waals surface area contributed by atoms with E-state index in [4.69, 9.17) is 0 Å². The van der Waals surface area contributed by atoms with Gasteiger partial charge in [-0.2, -0.15) is 0 Å². The van der Waals surface area contributed by atoms with Gasteiger partial charge in [-0.05, 0) is 0 Å². The molecule has 0 unspecified atom stereocenters. The van der Waals surface area contributed by atoms with Crippen LogP contribution in [0.25, 0.3) is 0 Å². The van der Waals surface area contributed by atoms with E-state index in [1.165, 1.54) is 36.3 Å². The van der Waals surface area contributed by atoms with Gasteiger partial charge < -0.3 is 0 Å². The molecule has 0 aliphatic rings. The van der Waals surface area contributed by atoms with Crippen LogP contribution in [0.3, 0.4) is 0 Å². The van der Waals surface area contributed by atoms with E-state index in [-0.39, 0.29) is 58.2 Å². The summed E-state index contributed by atoms with van der Waals surface area (Å²) in [6.07, 6.45) is 4.85. The summed E-state index contributed by atoms with van der Waals surface area (Å²) in [4.78, 5) is 0. The van der Waals surface area contributed by atoms with Crippen molar-refractivity contribution in [2.24, 2.45) is 0 Å². The molecule has 20 heavy (non-hydrogen) atoms. The van der Waals surface area contributed by atoms with Crippen molar-refractivity contribution in [3.8, 4) is 0 Å². The molecule has 0 nitrogen and oxygen atoms in total. The predicted octanol–water partition coefficient (Wildman–Crippen LogP) is 0.660. The van der Waals surface area contributed by atoms with E-state index in [1.54, 1.807) is 0 Å². The summed E-state index contributed by atoms with van der Waals surface area (Å²) in [6, 6.07) is 21.5. The van der Waals surface area contributed by atoms with Gasteiger partial charge in [0.1, 0.15) is 0 Å². The molecule has 0 N–H and O–H groups in total. The van der Waals surface area contributed by atoms with Gasteiger partial charge in [0.15, 0.2) is 0 Å². The Morgan fingerprint density at radius 3 is 1.35 bits per heavy atom.